The Morgan fingerprint density at radius 1 is 1.00 bits per heavy atom. The maximum absolute atomic E-state index is 12.6. The molecule has 2 aromatic carbocycles. The molecule has 21 heavy (non-hydrogen) atoms. The van der Waals surface area contributed by atoms with Crippen molar-refractivity contribution in [2.24, 2.45) is 0 Å². The van der Waals surface area contributed by atoms with Crippen molar-refractivity contribution in [1.82, 2.24) is 0 Å². The predicted octanol–water partition coefficient (Wildman–Crippen LogP) is 3.86. The molecule has 0 aliphatic rings. The van der Waals surface area contributed by atoms with E-state index in [0.717, 1.165) is 17.7 Å². The molecule has 0 aromatic heterocycles. The highest BCUT2D eigenvalue weighted by atomic mass is 19.4. The topological polar surface area (TPSA) is 29.5 Å². The molecule has 5 heteroatoms. The molecule has 0 radical (unpaired) electrons. The van der Waals surface area contributed by atoms with Gasteiger partial charge in [0.05, 0.1) is 18.8 Å². The molecule has 0 saturated carbocycles. The number of hydrogen-bond donors (Lipinski definition) is 1. The molecule has 1 unspecified atom stereocenters. The lowest BCUT2D eigenvalue weighted by Gasteiger charge is -2.16. The van der Waals surface area contributed by atoms with Crippen molar-refractivity contribution in [3.8, 4) is 5.75 Å². The molecule has 0 saturated heterocycles. The molecule has 2 aromatic rings. The van der Waals surface area contributed by atoms with Crippen LogP contribution in [0.15, 0.2) is 54.6 Å². The van der Waals surface area contributed by atoms with Crippen molar-refractivity contribution in [3.05, 3.63) is 65.7 Å². The van der Waals surface area contributed by atoms with E-state index in [1.807, 2.05) is 30.3 Å². The van der Waals surface area contributed by atoms with E-state index in [4.69, 9.17) is 4.74 Å². The lowest BCUT2D eigenvalue weighted by molar-refractivity contribution is -0.137. The Labute approximate surface area is 120 Å². The maximum atomic E-state index is 12.6. The lowest BCUT2D eigenvalue weighted by atomic mass is 10.0. The van der Waals surface area contributed by atoms with Gasteiger partial charge in [0.25, 0.3) is 0 Å². The highest BCUT2D eigenvalue weighted by Crippen LogP contribution is 2.31. The Bertz CT molecular complexity index is 567. The molecule has 0 aliphatic heterocycles. The first kappa shape index (κ1) is 15.4. The van der Waals surface area contributed by atoms with Gasteiger partial charge in [-0.3, -0.25) is 0 Å². The monoisotopic (exact) mass is 296 g/mol. The van der Waals surface area contributed by atoms with Gasteiger partial charge in [0, 0.05) is 5.92 Å². The summed E-state index contributed by atoms with van der Waals surface area (Å²) in [6.45, 7) is -0.0230. The van der Waals surface area contributed by atoms with Gasteiger partial charge in [-0.1, -0.05) is 36.4 Å². The van der Waals surface area contributed by atoms with Gasteiger partial charge < -0.3 is 9.84 Å². The standard InChI is InChI=1S/C16H15F3O2/c17-16(18,19)14-7-4-8-15(9-14)21-11-13(10-20)12-5-2-1-3-6-12/h1-9,13,20H,10-11H2. The van der Waals surface area contributed by atoms with E-state index in [2.05, 4.69) is 0 Å². The summed E-state index contributed by atoms with van der Waals surface area (Å²) in [6, 6.07) is 13.9. The number of benzene rings is 2. The summed E-state index contributed by atoms with van der Waals surface area (Å²) >= 11 is 0. The molecule has 2 rings (SSSR count). The highest BCUT2D eigenvalue weighted by Gasteiger charge is 2.30. The number of aliphatic hydroxyl groups is 1. The Kier molecular flexibility index (Phi) is 4.85. The molecule has 0 spiro atoms. The average Bonchev–Trinajstić information content (AvgIpc) is 2.48. The SMILES string of the molecule is OCC(COc1cccc(C(F)(F)F)c1)c1ccccc1. The van der Waals surface area contributed by atoms with Gasteiger partial charge in [-0.15, -0.1) is 0 Å². The quantitative estimate of drug-likeness (QED) is 0.908. The molecule has 1 atom stereocenters. The number of hydrogen-bond acceptors (Lipinski definition) is 2. The summed E-state index contributed by atoms with van der Waals surface area (Å²) in [7, 11) is 0. The summed E-state index contributed by atoms with van der Waals surface area (Å²) in [5, 5.41) is 9.38. The van der Waals surface area contributed by atoms with E-state index in [0.29, 0.717) is 0 Å². The van der Waals surface area contributed by atoms with Gasteiger partial charge in [0.15, 0.2) is 0 Å². The minimum atomic E-state index is -4.39. The van der Waals surface area contributed by atoms with Gasteiger partial charge in [-0.2, -0.15) is 13.2 Å². The van der Waals surface area contributed by atoms with Crippen LogP contribution in [-0.4, -0.2) is 18.3 Å². The summed E-state index contributed by atoms with van der Waals surface area (Å²) in [4.78, 5) is 0. The second kappa shape index (κ2) is 6.63. The molecule has 0 heterocycles. The smallest absolute Gasteiger partial charge is 0.416 e. The zero-order valence-electron chi connectivity index (χ0n) is 11.2. The molecule has 0 fully saturated rings. The molecule has 2 nitrogen and oxygen atoms in total. The zero-order chi connectivity index (χ0) is 15.3. The molecule has 0 aliphatic carbocycles. The maximum Gasteiger partial charge on any atom is 0.416 e. The van der Waals surface area contributed by atoms with Crippen LogP contribution in [0.2, 0.25) is 0 Å². The second-order valence-corrected chi connectivity index (χ2v) is 4.63. The van der Waals surface area contributed by atoms with Crippen molar-refractivity contribution in [1.29, 1.82) is 0 Å². The van der Waals surface area contributed by atoms with E-state index >= 15 is 0 Å². The van der Waals surface area contributed by atoms with Crippen LogP contribution in [0.25, 0.3) is 0 Å². The van der Waals surface area contributed by atoms with Gasteiger partial charge >= 0.3 is 6.18 Å². The third-order valence-corrected chi connectivity index (χ3v) is 3.10. The van der Waals surface area contributed by atoms with Gasteiger partial charge in [0.2, 0.25) is 0 Å². The Morgan fingerprint density at radius 2 is 1.71 bits per heavy atom. The predicted molar refractivity (Wildman–Crippen MR) is 73.2 cm³/mol. The van der Waals surface area contributed by atoms with Gasteiger partial charge in [-0.25, -0.2) is 0 Å². The fourth-order valence-corrected chi connectivity index (χ4v) is 1.94. The number of alkyl halides is 3. The number of halogens is 3. The first-order chi connectivity index (χ1) is 10.0. The highest BCUT2D eigenvalue weighted by molar-refractivity contribution is 5.30. The number of ether oxygens (including phenoxy) is 1. The minimum Gasteiger partial charge on any atom is -0.493 e. The fraction of sp³-hybridized carbons (Fsp3) is 0.250. The first-order valence-electron chi connectivity index (χ1n) is 6.46. The van der Waals surface area contributed by atoms with Crippen LogP contribution in [0.5, 0.6) is 5.75 Å². The summed E-state index contributed by atoms with van der Waals surface area (Å²) in [5.41, 5.74) is 0.132. The van der Waals surface area contributed by atoms with E-state index in [-0.39, 0.29) is 24.9 Å². The minimum absolute atomic E-state index is 0.113. The van der Waals surface area contributed by atoms with Crippen LogP contribution in [0, 0.1) is 0 Å². The van der Waals surface area contributed by atoms with E-state index < -0.39 is 11.7 Å². The Morgan fingerprint density at radius 3 is 2.33 bits per heavy atom. The molecule has 0 amide bonds. The molecule has 112 valence electrons. The van der Waals surface area contributed by atoms with E-state index in [1.54, 1.807) is 0 Å². The zero-order valence-corrected chi connectivity index (χ0v) is 11.2. The van der Waals surface area contributed by atoms with Crippen LogP contribution in [0.3, 0.4) is 0 Å². The third-order valence-electron chi connectivity index (χ3n) is 3.10. The van der Waals surface area contributed by atoms with Crippen molar-refractivity contribution in [3.63, 3.8) is 0 Å². The summed E-state index contributed by atoms with van der Waals surface area (Å²) in [5.74, 6) is -0.139. The molecule has 0 bridgehead atoms. The summed E-state index contributed by atoms with van der Waals surface area (Å²) < 4.78 is 43.2. The lowest BCUT2D eigenvalue weighted by Crippen LogP contribution is -2.14. The van der Waals surface area contributed by atoms with Gasteiger partial charge in [-0.05, 0) is 23.8 Å². The Balaban J connectivity index is 2.05. The van der Waals surface area contributed by atoms with Crippen molar-refractivity contribution in [2.75, 3.05) is 13.2 Å². The van der Waals surface area contributed by atoms with Crippen molar-refractivity contribution < 1.29 is 23.0 Å². The fourth-order valence-electron chi connectivity index (χ4n) is 1.94. The van der Waals surface area contributed by atoms with Gasteiger partial charge in [0.1, 0.15) is 5.75 Å². The van der Waals surface area contributed by atoms with Crippen LogP contribution >= 0.6 is 0 Å². The number of aliphatic hydroxyl groups excluding tert-OH is 1. The number of rotatable bonds is 5. The van der Waals surface area contributed by atoms with E-state index in [1.165, 1.54) is 12.1 Å². The molecular weight excluding hydrogens is 281 g/mol. The molecular formula is C16H15F3O2. The molecule has 1 N–H and O–H groups in total. The largest absolute Gasteiger partial charge is 0.493 e. The third kappa shape index (κ3) is 4.23. The van der Waals surface area contributed by atoms with Crippen LogP contribution in [0.1, 0.15) is 17.0 Å². The Hall–Kier alpha value is -2.01. The summed E-state index contributed by atoms with van der Waals surface area (Å²) in [6.07, 6.45) is -4.39. The average molecular weight is 296 g/mol. The first-order valence-corrected chi connectivity index (χ1v) is 6.46. The van der Waals surface area contributed by atoms with Crippen LogP contribution in [-0.2, 0) is 6.18 Å². The van der Waals surface area contributed by atoms with Crippen LogP contribution in [0.4, 0.5) is 13.2 Å². The normalized spacial score (nSPS) is 13.0. The van der Waals surface area contributed by atoms with Crippen molar-refractivity contribution >= 4 is 0 Å². The second-order valence-electron chi connectivity index (χ2n) is 4.63. The van der Waals surface area contributed by atoms with E-state index in [9.17, 15) is 18.3 Å². The van der Waals surface area contributed by atoms with Crippen molar-refractivity contribution in [2.45, 2.75) is 12.1 Å². The van der Waals surface area contributed by atoms with Crippen LogP contribution < -0.4 is 4.74 Å².